The van der Waals surface area contributed by atoms with E-state index >= 15 is 0 Å². The fourth-order valence-corrected chi connectivity index (χ4v) is 1.45. The molecule has 0 saturated carbocycles. The summed E-state index contributed by atoms with van der Waals surface area (Å²) in [5.74, 6) is 1.46. The highest BCUT2D eigenvalue weighted by Gasteiger charge is 2.10. The molecule has 2 rings (SSSR count). The molecule has 0 aliphatic rings. The number of rotatable bonds is 5. The normalized spacial score (nSPS) is 9.95. The van der Waals surface area contributed by atoms with Gasteiger partial charge in [-0.3, -0.25) is 4.57 Å². The first-order valence-corrected chi connectivity index (χ1v) is 5.75. The largest absolute Gasteiger partial charge is 0.357 e. The Hall–Kier alpha value is -2.69. The molecule has 0 atom stereocenters. The Balaban J connectivity index is 2.34. The zero-order valence-corrected chi connectivity index (χ0v) is 10.8. The van der Waals surface area contributed by atoms with Crippen LogP contribution in [0.15, 0.2) is 18.7 Å². The number of hydrogen-bond donors (Lipinski definition) is 1. The molecule has 0 radical (unpaired) electrons. The minimum absolute atomic E-state index is 0.414. The SMILES string of the molecule is CNc1nc(N(C)CCC#N)nc(-n2ccnc2)n1. The van der Waals surface area contributed by atoms with E-state index in [0.717, 1.165) is 0 Å². The standard InChI is InChI=1S/C11H14N8/c1-13-9-15-10(18(2)6-3-4-12)17-11(16-9)19-7-5-14-8-19/h5,7-8H,3,6H2,1-2H3,(H,13,15,16,17). The van der Waals surface area contributed by atoms with Crippen molar-refractivity contribution >= 4 is 11.9 Å². The molecule has 1 N–H and O–H groups in total. The summed E-state index contributed by atoms with van der Waals surface area (Å²) >= 11 is 0. The fraction of sp³-hybridized carbons (Fsp3) is 0.364. The lowest BCUT2D eigenvalue weighted by molar-refractivity contribution is 0.822. The van der Waals surface area contributed by atoms with Crippen LogP contribution in [0.1, 0.15) is 6.42 Å². The summed E-state index contributed by atoms with van der Waals surface area (Å²) < 4.78 is 1.70. The minimum Gasteiger partial charge on any atom is -0.357 e. The van der Waals surface area contributed by atoms with Gasteiger partial charge < -0.3 is 10.2 Å². The molecule has 2 aromatic heterocycles. The van der Waals surface area contributed by atoms with Gasteiger partial charge in [-0.1, -0.05) is 0 Å². The van der Waals surface area contributed by atoms with Crippen molar-refractivity contribution in [2.75, 3.05) is 30.9 Å². The van der Waals surface area contributed by atoms with Gasteiger partial charge in [0.25, 0.3) is 0 Å². The summed E-state index contributed by atoms with van der Waals surface area (Å²) in [7, 11) is 3.58. The lowest BCUT2D eigenvalue weighted by Crippen LogP contribution is -2.22. The van der Waals surface area contributed by atoms with Crippen molar-refractivity contribution in [1.82, 2.24) is 24.5 Å². The molecule has 8 heteroatoms. The van der Waals surface area contributed by atoms with Crippen LogP contribution in [0, 0.1) is 11.3 Å². The third-order valence-electron chi connectivity index (χ3n) is 2.47. The fourth-order valence-electron chi connectivity index (χ4n) is 1.45. The van der Waals surface area contributed by atoms with Crippen molar-refractivity contribution in [2.45, 2.75) is 6.42 Å². The number of nitrogens with one attached hydrogen (secondary N) is 1. The van der Waals surface area contributed by atoms with Gasteiger partial charge in [-0.15, -0.1) is 0 Å². The molecule has 0 bridgehead atoms. The monoisotopic (exact) mass is 258 g/mol. The third kappa shape index (κ3) is 2.95. The summed E-state index contributed by atoms with van der Waals surface area (Å²) in [6, 6.07) is 2.10. The number of nitrogens with zero attached hydrogens (tertiary/aromatic N) is 7. The van der Waals surface area contributed by atoms with E-state index < -0.39 is 0 Å². The first-order chi connectivity index (χ1) is 9.24. The molecule has 0 spiro atoms. The predicted molar refractivity (Wildman–Crippen MR) is 70.0 cm³/mol. The molecule has 2 heterocycles. The van der Waals surface area contributed by atoms with Crippen molar-refractivity contribution in [3.05, 3.63) is 18.7 Å². The Morgan fingerprint density at radius 3 is 2.89 bits per heavy atom. The smallest absolute Gasteiger partial charge is 0.241 e. The van der Waals surface area contributed by atoms with Gasteiger partial charge in [-0.05, 0) is 0 Å². The van der Waals surface area contributed by atoms with Gasteiger partial charge in [0, 0.05) is 33.0 Å². The summed E-state index contributed by atoms with van der Waals surface area (Å²) in [6.45, 7) is 0.563. The van der Waals surface area contributed by atoms with Crippen LogP contribution in [0.5, 0.6) is 0 Å². The van der Waals surface area contributed by atoms with Crippen LogP contribution >= 0.6 is 0 Å². The molecule has 2 aromatic rings. The van der Waals surface area contributed by atoms with Crippen LogP contribution < -0.4 is 10.2 Å². The number of aromatic nitrogens is 5. The van der Waals surface area contributed by atoms with E-state index in [-0.39, 0.29) is 0 Å². The average Bonchev–Trinajstić information content (AvgIpc) is 2.98. The number of nitriles is 1. The maximum atomic E-state index is 8.61. The van der Waals surface area contributed by atoms with Crippen LogP contribution in [-0.4, -0.2) is 45.1 Å². The minimum atomic E-state index is 0.414. The summed E-state index contributed by atoms with van der Waals surface area (Å²) in [4.78, 5) is 18.6. The molecular formula is C11H14N8. The van der Waals surface area contributed by atoms with Crippen LogP contribution in [0.4, 0.5) is 11.9 Å². The molecule has 0 saturated heterocycles. The van der Waals surface area contributed by atoms with Crippen LogP contribution in [0.25, 0.3) is 5.95 Å². The Bertz CT molecular complexity index is 571. The lowest BCUT2D eigenvalue weighted by Gasteiger charge is -2.16. The predicted octanol–water partition coefficient (Wildman–Crippen LogP) is 0.449. The molecule has 0 amide bonds. The van der Waals surface area contributed by atoms with E-state index in [1.807, 2.05) is 11.9 Å². The number of anilines is 2. The summed E-state index contributed by atoms with van der Waals surface area (Å²) in [5, 5.41) is 11.5. The highest BCUT2D eigenvalue weighted by molar-refractivity contribution is 5.39. The molecule has 0 aliphatic carbocycles. The molecule has 19 heavy (non-hydrogen) atoms. The average molecular weight is 258 g/mol. The Morgan fingerprint density at radius 2 is 2.26 bits per heavy atom. The van der Waals surface area contributed by atoms with Gasteiger partial charge >= 0.3 is 0 Å². The van der Waals surface area contributed by atoms with Gasteiger partial charge in [0.05, 0.1) is 12.5 Å². The van der Waals surface area contributed by atoms with E-state index in [0.29, 0.717) is 30.8 Å². The molecule has 98 valence electrons. The molecule has 0 unspecified atom stereocenters. The summed E-state index contributed by atoms with van der Waals surface area (Å²) in [6.07, 6.45) is 5.45. The van der Waals surface area contributed by atoms with Crippen molar-refractivity contribution in [1.29, 1.82) is 5.26 Å². The number of hydrogen-bond acceptors (Lipinski definition) is 7. The molecule has 0 aliphatic heterocycles. The third-order valence-corrected chi connectivity index (χ3v) is 2.47. The van der Waals surface area contributed by atoms with Crippen molar-refractivity contribution in [3.8, 4) is 12.0 Å². The van der Waals surface area contributed by atoms with E-state index in [1.165, 1.54) is 0 Å². The lowest BCUT2D eigenvalue weighted by atomic mass is 10.4. The van der Waals surface area contributed by atoms with Crippen molar-refractivity contribution in [3.63, 3.8) is 0 Å². The second-order valence-corrected chi connectivity index (χ2v) is 3.81. The Labute approximate surface area is 110 Å². The zero-order valence-electron chi connectivity index (χ0n) is 10.8. The topological polar surface area (TPSA) is 95.6 Å². The van der Waals surface area contributed by atoms with E-state index in [2.05, 4.69) is 31.3 Å². The molecule has 0 aromatic carbocycles. The molecule has 8 nitrogen and oxygen atoms in total. The van der Waals surface area contributed by atoms with Crippen molar-refractivity contribution in [2.24, 2.45) is 0 Å². The van der Waals surface area contributed by atoms with Crippen LogP contribution in [0.2, 0.25) is 0 Å². The summed E-state index contributed by atoms with van der Waals surface area (Å²) in [5.41, 5.74) is 0. The maximum Gasteiger partial charge on any atom is 0.241 e. The highest BCUT2D eigenvalue weighted by Crippen LogP contribution is 2.11. The Kier molecular flexibility index (Phi) is 3.87. The van der Waals surface area contributed by atoms with Crippen LogP contribution in [-0.2, 0) is 0 Å². The number of imidazole rings is 1. The van der Waals surface area contributed by atoms with Gasteiger partial charge in [-0.25, -0.2) is 4.98 Å². The Morgan fingerprint density at radius 1 is 1.42 bits per heavy atom. The second kappa shape index (κ2) is 5.77. The van der Waals surface area contributed by atoms with E-state index in [4.69, 9.17) is 5.26 Å². The first-order valence-electron chi connectivity index (χ1n) is 5.75. The highest BCUT2D eigenvalue weighted by atomic mass is 15.3. The van der Waals surface area contributed by atoms with Gasteiger partial charge in [0.2, 0.25) is 17.8 Å². The van der Waals surface area contributed by atoms with Gasteiger partial charge in [0.1, 0.15) is 6.33 Å². The second-order valence-electron chi connectivity index (χ2n) is 3.81. The van der Waals surface area contributed by atoms with Crippen LogP contribution in [0.3, 0.4) is 0 Å². The molecular weight excluding hydrogens is 244 g/mol. The van der Waals surface area contributed by atoms with Gasteiger partial charge in [-0.2, -0.15) is 20.2 Å². The van der Waals surface area contributed by atoms with E-state index in [9.17, 15) is 0 Å². The first kappa shape index (κ1) is 12.8. The van der Waals surface area contributed by atoms with Crippen molar-refractivity contribution < 1.29 is 0 Å². The zero-order chi connectivity index (χ0) is 13.7. The quantitative estimate of drug-likeness (QED) is 0.831. The van der Waals surface area contributed by atoms with Gasteiger partial charge in [0.15, 0.2) is 0 Å². The van der Waals surface area contributed by atoms with E-state index in [1.54, 1.807) is 30.3 Å². The maximum absolute atomic E-state index is 8.61. The molecule has 0 fully saturated rings.